The number of ether oxygens (including phenoxy) is 2. The van der Waals surface area contributed by atoms with Crippen molar-refractivity contribution >= 4 is 45.1 Å². The third kappa shape index (κ3) is 5.49. The van der Waals surface area contributed by atoms with E-state index in [1.54, 1.807) is 0 Å². The van der Waals surface area contributed by atoms with Crippen molar-refractivity contribution in [3.63, 3.8) is 0 Å². The van der Waals surface area contributed by atoms with Gasteiger partial charge in [-0.1, -0.05) is 45.9 Å². The SMILES string of the molecule is CCN1CCc2nc3ccccc3c(C(=O)OCC(=O)Nc3sc4c(c3C(=O)OC)CCC(C(C)(C)C)C4)c2C1. The number of aromatic nitrogens is 1. The first-order valence-electron chi connectivity index (χ1n) is 13.9. The number of carbonyl (C=O) groups excluding carboxylic acids is 3. The summed E-state index contributed by atoms with van der Waals surface area (Å²) in [5.41, 5.74) is 4.51. The predicted molar refractivity (Wildman–Crippen MR) is 156 cm³/mol. The molecule has 2 aliphatic rings. The molecule has 1 aromatic carbocycles. The summed E-state index contributed by atoms with van der Waals surface area (Å²) in [4.78, 5) is 47.4. The smallest absolute Gasteiger partial charge is 0.341 e. The highest BCUT2D eigenvalue weighted by Gasteiger charge is 2.34. The molecule has 3 heterocycles. The first kappa shape index (κ1) is 28.2. The van der Waals surface area contributed by atoms with E-state index in [1.165, 1.54) is 18.4 Å². The van der Waals surface area contributed by atoms with Crippen molar-refractivity contribution in [3.05, 3.63) is 57.1 Å². The highest BCUT2D eigenvalue weighted by Crippen LogP contribution is 2.44. The van der Waals surface area contributed by atoms with Crippen LogP contribution in [0.4, 0.5) is 5.00 Å². The molecule has 5 rings (SSSR count). The summed E-state index contributed by atoms with van der Waals surface area (Å²) in [5, 5.41) is 4.02. The van der Waals surface area contributed by atoms with Crippen LogP contribution in [0.1, 0.15) is 76.5 Å². The zero-order valence-electron chi connectivity index (χ0n) is 23.9. The number of hydrogen-bond donors (Lipinski definition) is 1. The molecule has 1 aliphatic heterocycles. The molecule has 212 valence electrons. The number of carbonyl (C=O) groups is 3. The van der Waals surface area contributed by atoms with E-state index in [0.717, 1.165) is 71.4 Å². The summed E-state index contributed by atoms with van der Waals surface area (Å²) in [7, 11) is 1.35. The van der Waals surface area contributed by atoms with Crippen molar-refractivity contribution in [2.24, 2.45) is 11.3 Å². The lowest BCUT2D eigenvalue weighted by Gasteiger charge is -2.33. The highest BCUT2D eigenvalue weighted by molar-refractivity contribution is 7.17. The number of para-hydroxylation sites is 1. The first-order valence-corrected chi connectivity index (χ1v) is 14.7. The third-order valence-electron chi connectivity index (χ3n) is 8.24. The van der Waals surface area contributed by atoms with Crippen LogP contribution in [-0.4, -0.2) is 54.5 Å². The third-order valence-corrected chi connectivity index (χ3v) is 9.41. The molecule has 0 saturated heterocycles. The average molecular weight is 564 g/mol. The van der Waals surface area contributed by atoms with Crippen LogP contribution in [0.5, 0.6) is 0 Å². The summed E-state index contributed by atoms with van der Waals surface area (Å²) in [6, 6.07) is 7.53. The van der Waals surface area contributed by atoms with Crippen LogP contribution < -0.4 is 5.32 Å². The molecule has 0 bridgehead atoms. The largest absolute Gasteiger partial charge is 0.465 e. The van der Waals surface area contributed by atoms with Crippen molar-refractivity contribution in [2.75, 3.05) is 32.1 Å². The Morgan fingerprint density at radius 3 is 2.60 bits per heavy atom. The zero-order chi connectivity index (χ0) is 28.6. The molecule has 1 aliphatic carbocycles. The van der Waals surface area contributed by atoms with Gasteiger partial charge in [0, 0.05) is 41.0 Å². The van der Waals surface area contributed by atoms with Crippen LogP contribution >= 0.6 is 11.3 Å². The Morgan fingerprint density at radius 1 is 1.10 bits per heavy atom. The first-order chi connectivity index (χ1) is 19.1. The summed E-state index contributed by atoms with van der Waals surface area (Å²) in [5.74, 6) is -1.02. The number of nitrogens with zero attached hydrogens (tertiary/aromatic N) is 2. The number of anilines is 1. The standard InChI is InChI=1S/C31H37N3O5S/c1-6-34-14-13-23-21(16-34)26(19-9-7-8-10-22(19)32-23)30(37)39-17-25(35)33-28-27(29(36)38-5)20-12-11-18(31(2,3)4)15-24(20)40-28/h7-10,18H,6,11-17H2,1-5H3,(H,33,35). The number of nitrogens with one attached hydrogen (secondary N) is 1. The maximum atomic E-state index is 13.5. The second-order valence-electron chi connectivity index (χ2n) is 11.7. The molecule has 0 spiro atoms. The summed E-state index contributed by atoms with van der Waals surface area (Å²) in [6.45, 7) is 10.7. The van der Waals surface area contributed by atoms with E-state index in [0.29, 0.717) is 28.6 Å². The van der Waals surface area contributed by atoms with Gasteiger partial charge in [-0.2, -0.15) is 0 Å². The van der Waals surface area contributed by atoms with E-state index >= 15 is 0 Å². The van der Waals surface area contributed by atoms with Crippen LogP contribution in [0.3, 0.4) is 0 Å². The maximum Gasteiger partial charge on any atom is 0.341 e. The lowest BCUT2D eigenvalue weighted by Crippen LogP contribution is -2.32. The second-order valence-corrected chi connectivity index (χ2v) is 12.8. The highest BCUT2D eigenvalue weighted by atomic mass is 32.1. The van der Waals surface area contributed by atoms with E-state index in [2.05, 4.69) is 37.9 Å². The number of rotatable bonds is 6. The maximum absolute atomic E-state index is 13.5. The normalized spacial score (nSPS) is 17.2. The number of esters is 2. The number of likely N-dealkylation sites (N-methyl/N-ethyl adjacent to an activating group) is 1. The number of methoxy groups -OCH3 is 1. The Balaban J connectivity index is 1.36. The molecular formula is C31H37N3O5S. The minimum Gasteiger partial charge on any atom is -0.465 e. The van der Waals surface area contributed by atoms with Gasteiger partial charge in [0.05, 0.1) is 23.8 Å². The van der Waals surface area contributed by atoms with Gasteiger partial charge in [-0.3, -0.25) is 14.7 Å². The molecule has 1 N–H and O–H groups in total. The number of amides is 1. The number of thiophene rings is 1. The Bertz CT molecular complexity index is 1470. The molecule has 1 unspecified atom stereocenters. The summed E-state index contributed by atoms with van der Waals surface area (Å²) < 4.78 is 10.7. The molecule has 3 aromatic rings. The zero-order valence-corrected chi connectivity index (χ0v) is 24.7. The lowest BCUT2D eigenvalue weighted by atomic mass is 9.72. The fraction of sp³-hybridized carbons (Fsp3) is 0.484. The molecule has 9 heteroatoms. The molecule has 0 saturated carbocycles. The Hall–Kier alpha value is -3.30. The monoisotopic (exact) mass is 563 g/mol. The topological polar surface area (TPSA) is 97.8 Å². The van der Waals surface area contributed by atoms with Gasteiger partial charge >= 0.3 is 11.9 Å². The van der Waals surface area contributed by atoms with Gasteiger partial charge in [-0.05, 0) is 48.8 Å². The molecule has 8 nitrogen and oxygen atoms in total. The molecule has 1 atom stereocenters. The van der Waals surface area contributed by atoms with Gasteiger partial charge in [0.2, 0.25) is 0 Å². The van der Waals surface area contributed by atoms with E-state index < -0.39 is 24.5 Å². The van der Waals surface area contributed by atoms with E-state index in [9.17, 15) is 14.4 Å². The van der Waals surface area contributed by atoms with Crippen LogP contribution in [0, 0.1) is 11.3 Å². The fourth-order valence-corrected chi connectivity index (χ4v) is 7.18. The number of pyridine rings is 1. The Kier molecular flexibility index (Phi) is 7.97. The number of hydrogen-bond acceptors (Lipinski definition) is 8. The molecule has 0 fully saturated rings. The molecule has 40 heavy (non-hydrogen) atoms. The van der Waals surface area contributed by atoms with Crippen LogP contribution in [-0.2, 0) is 40.1 Å². The van der Waals surface area contributed by atoms with Gasteiger partial charge in [0.25, 0.3) is 5.91 Å². The Labute approximate surface area is 239 Å². The van der Waals surface area contributed by atoms with E-state index in [4.69, 9.17) is 14.5 Å². The lowest BCUT2D eigenvalue weighted by molar-refractivity contribution is -0.119. The minimum atomic E-state index is -0.547. The van der Waals surface area contributed by atoms with Crippen molar-refractivity contribution in [1.29, 1.82) is 0 Å². The number of benzene rings is 1. The van der Waals surface area contributed by atoms with E-state index in [1.807, 2.05) is 24.3 Å². The van der Waals surface area contributed by atoms with Gasteiger partial charge in [-0.25, -0.2) is 9.59 Å². The van der Waals surface area contributed by atoms with Crippen LogP contribution in [0.2, 0.25) is 0 Å². The second kappa shape index (κ2) is 11.3. The van der Waals surface area contributed by atoms with Gasteiger partial charge in [-0.15, -0.1) is 11.3 Å². The van der Waals surface area contributed by atoms with Crippen LogP contribution in [0.25, 0.3) is 10.9 Å². The minimum absolute atomic E-state index is 0.148. The quantitative estimate of drug-likeness (QED) is 0.401. The molecule has 0 radical (unpaired) electrons. The van der Waals surface area contributed by atoms with Crippen molar-refractivity contribution in [3.8, 4) is 0 Å². The van der Waals surface area contributed by atoms with Crippen molar-refractivity contribution in [2.45, 2.75) is 59.9 Å². The van der Waals surface area contributed by atoms with Crippen molar-refractivity contribution < 1.29 is 23.9 Å². The van der Waals surface area contributed by atoms with Crippen molar-refractivity contribution in [1.82, 2.24) is 9.88 Å². The Morgan fingerprint density at radius 2 is 1.88 bits per heavy atom. The van der Waals surface area contributed by atoms with E-state index in [-0.39, 0.29) is 5.41 Å². The molecular weight excluding hydrogens is 526 g/mol. The fourth-order valence-electron chi connectivity index (χ4n) is 5.85. The van der Waals surface area contributed by atoms with Gasteiger partial charge < -0.3 is 14.8 Å². The van der Waals surface area contributed by atoms with Gasteiger partial charge in [0.1, 0.15) is 5.00 Å². The summed E-state index contributed by atoms with van der Waals surface area (Å²) >= 11 is 1.42. The summed E-state index contributed by atoms with van der Waals surface area (Å²) in [6.07, 6.45) is 3.34. The van der Waals surface area contributed by atoms with Crippen LogP contribution in [0.15, 0.2) is 24.3 Å². The molecule has 2 aromatic heterocycles. The van der Waals surface area contributed by atoms with Gasteiger partial charge in [0.15, 0.2) is 6.61 Å². The average Bonchev–Trinajstić information content (AvgIpc) is 3.30. The molecule has 1 amide bonds. The predicted octanol–water partition coefficient (Wildman–Crippen LogP) is 5.41. The number of fused-ring (bicyclic) bond motifs is 3.